The van der Waals surface area contributed by atoms with E-state index in [0.29, 0.717) is 16.7 Å². The summed E-state index contributed by atoms with van der Waals surface area (Å²) in [6.07, 6.45) is 1.38. The number of methoxy groups -OCH3 is 2. The molecule has 18 heavy (non-hydrogen) atoms. The van der Waals surface area contributed by atoms with Crippen LogP contribution in [0.2, 0.25) is 5.02 Å². The Morgan fingerprint density at radius 1 is 1.39 bits per heavy atom. The molecule has 0 fully saturated rings. The number of ether oxygens (including phenoxy) is 2. The molecule has 0 aliphatic rings. The number of nitrogens with zero attached hydrogens (tertiary/aromatic N) is 1. The molecule has 1 aromatic carbocycles. The van der Waals surface area contributed by atoms with Crippen LogP contribution in [0.4, 0.5) is 0 Å². The Kier molecular flexibility index (Phi) is 3.73. The first-order valence-corrected chi connectivity index (χ1v) is 6.16. The molecule has 0 saturated heterocycles. The second-order valence-corrected chi connectivity index (χ2v) is 4.68. The van der Waals surface area contributed by atoms with Gasteiger partial charge in [-0.15, -0.1) is 0 Å². The Morgan fingerprint density at radius 2 is 2.11 bits per heavy atom. The number of benzene rings is 1. The predicted molar refractivity (Wildman–Crippen MR) is 72.3 cm³/mol. The minimum Gasteiger partial charge on any atom is -0.494 e. The lowest BCUT2D eigenvalue weighted by Gasteiger charge is -2.10. The van der Waals surface area contributed by atoms with E-state index in [2.05, 4.69) is 25.7 Å². The topological polar surface area (TPSA) is 48.4 Å². The lowest BCUT2D eigenvalue weighted by atomic mass is 10.1. The molecule has 2 rings (SSSR count). The van der Waals surface area contributed by atoms with Crippen LogP contribution >= 0.6 is 27.5 Å². The monoisotopic (exact) mass is 329 g/mol. The zero-order chi connectivity index (χ0) is 13.3. The van der Waals surface area contributed by atoms with Gasteiger partial charge in [0.1, 0.15) is 11.3 Å². The van der Waals surface area contributed by atoms with Gasteiger partial charge in [-0.2, -0.15) is 0 Å². The maximum Gasteiger partial charge on any atom is 0.340 e. The van der Waals surface area contributed by atoms with Crippen LogP contribution in [0.3, 0.4) is 0 Å². The van der Waals surface area contributed by atoms with E-state index in [-0.39, 0.29) is 10.6 Å². The molecule has 4 nitrogen and oxygen atoms in total. The van der Waals surface area contributed by atoms with E-state index in [1.165, 1.54) is 13.3 Å². The van der Waals surface area contributed by atoms with Crippen molar-refractivity contribution in [3.8, 4) is 5.75 Å². The number of aromatic nitrogens is 1. The normalized spacial score (nSPS) is 10.4. The number of carbonyl (C=O) groups is 1. The average molecular weight is 331 g/mol. The molecule has 0 bridgehead atoms. The maximum absolute atomic E-state index is 11.6. The van der Waals surface area contributed by atoms with Gasteiger partial charge in [0.15, 0.2) is 0 Å². The van der Waals surface area contributed by atoms with Gasteiger partial charge in [-0.05, 0) is 12.1 Å². The number of hydrogen-bond acceptors (Lipinski definition) is 4. The molecule has 6 heteroatoms. The zero-order valence-corrected chi connectivity index (χ0v) is 12.0. The van der Waals surface area contributed by atoms with Crippen molar-refractivity contribution in [2.75, 3.05) is 14.2 Å². The lowest BCUT2D eigenvalue weighted by molar-refractivity contribution is 0.0600. The Balaban J connectivity index is 2.82. The standard InChI is InChI=1S/C12H9BrClNO3/c1-17-8-4-3-7(13)9-10(14)6(12(16)18-2)5-15-11(8)9/h3-5H,1-2H3. The van der Waals surface area contributed by atoms with Crippen molar-refractivity contribution in [3.63, 3.8) is 0 Å². The number of fused-ring (bicyclic) bond motifs is 1. The number of esters is 1. The molecule has 0 radical (unpaired) electrons. The first-order chi connectivity index (χ1) is 8.60. The van der Waals surface area contributed by atoms with Crippen LogP contribution < -0.4 is 4.74 Å². The second kappa shape index (κ2) is 5.12. The van der Waals surface area contributed by atoms with Gasteiger partial charge < -0.3 is 9.47 Å². The van der Waals surface area contributed by atoms with Gasteiger partial charge in [0.05, 0.1) is 24.8 Å². The number of halogens is 2. The Hall–Kier alpha value is -1.33. The van der Waals surface area contributed by atoms with Gasteiger partial charge in [-0.1, -0.05) is 27.5 Å². The third-order valence-corrected chi connectivity index (χ3v) is 3.55. The van der Waals surface area contributed by atoms with Crippen molar-refractivity contribution in [2.45, 2.75) is 0 Å². The smallest absolute Gasteiger partial charge is 0.340 e. The van der Waals surface area contributed by atoms with Crippen LogP contribution in [0.25, 0.3) is 10.9 Å². The van der Waals surface area contributed by atoms with Gasteiger partial charge in [0, 0.05) is 16.1 Å². The number of carbonyl (C=O) groups excluding carboxylic acids is 1. The SMILES string of the molecule is COC(=O)c1cnc2c(OC)ccc(Br)c2c1Cl. The molecule has 0 saturated carbocycles. The maximum atomic E-state index is 11.6. The molecular formula is C12H9BrClNO3. The quantitative estimate of drug-likeness (QED) is 0.791. The molecule has 0 aliphatic heterocycles. The fraction of sp³-hybridized carbons (Fsp3) is 0.167. The highest BCUT2D eigenvalue weighted by atomic mass is 79.9. The summed E-state index contributed by atoms with van der Waals surface area (Å²) in [6, 6.07) is 3.56. The summed E-state index contributed by atoms with van der Waals surface area (Å²) in [5.74, 6) is 0.0654. The zero-order valence-electron chi connectivity index (χ0n) is 9.66. The highest BCUT2D eigenvalue weighted by Gasteiger charge is 2.18. The Labute approximate surface area is 117 Å². The summed E-state index contributed by atoms with van der Waals surface area (Å²) in [7, 11) is 2.84. The largest absolute Gasteiger partial charge is 0.494 e. The van der Waals surface area contributed by atoms with Crippen LogP contribution in [0, 0.1) is 0 Å². The van der Waals surface area contributed by atoms with Crippen molar-refractivity contribution in [1.82, 2.24) is 4.98 Å². The first-order valence-electron chi connectivity index (χ1n) is 4.99. The van der Waals surface area contributed by atoms with Crippen LogP contribution in [0.1, 0.15) is 10.4 Å². The first kappa shape index (κ1) is 13.1. The van der Waals surface area contributed by atoms with Crippen LogP contribution in [-0.4, -0.2) is 25.2 Å². The fourth-order valence-corrected chi connectivity index (χ4v) is 2.57. The molecule has 0 aliphatic carbocycles. The summed E-state index contributed by atoms with van der Waals surface area (Å²) in [4.78, 5) is 15.8. The van der Waals surface area contributed by atoms with Gasteiger partial charge >= 0.3 is 5.97 Å². The summed E-state index contributed by atoms with van der Waals surface area (Å²) in [5, 5.41) is 0.913. The highest BCUT2D eigenvalue weighted by Crippen LogP contribution is 2.36. The molecule has 0 N–H and O–H groups in total. The van der Waals surface area contributed by atoms with E-state index in [9.17, 15) is 4.79 Å². The van der Waals surface area contributed by atoms with Crippen molar-refractivity contribution in [1.29, 1.82) is 0 Å². The second-order valence-electron chi connectivity index (χ2n) is 3.45. The summed E-state index contributed by atoms with van der Waals surface area (Å²) >= 11 is 9.61. The van der Waals surface area contributed by atoms with Crippen molar-refractivity contribution < 1.29 is 14.3 Å². The fourth-order valence-electron chi connectivity index (χ4n) is 1.62. The van der Waals surface area contributed by atoms with Gasteiger partial charge in [-0.3, -0.25) is 4.98 Å². The minimum absolute atomic E-state index is 0.223. The van der Waals surface area contributed by atoms with Crippen molar-refractivity contribution in [3.05, 3.63) is 33.4 Å². The van der Waals surface area contributed by atoms with E-state index < -0.39 is 5.97 Å². The van der Waals surface area contributed by atoms with Gasteiger partial charge in [0.25, 0.3) is 0 Å². The molecular weight excluding hydrogens is 321 g/mol. The summed E-state index contributed by atoms with van der Waals surface area (Å²) < 4.78 is 10.6. The van der Waals surface area contributed by atoms with E-state index in [0.717, 1.165) is 4.47 Å². The number of hydrogen-bond donors (Lipinski definition) is 0. The molecule has 0 spiro atoms. The summed E-state index contributed by atoms with van der Waals surface area (Å²) in [5.41, 5.74) is 0.810. The highest BCUT2D eigenvalue weighted by molar-refractivity contribution is 9.10. The molecule has 0 amide bonds. The number of pyridine rings is 1. The predicted octanol–water partition coefficient (Wildman–Crippen LogP) is 3.45. The van der Waals surface area contributed by atoms with Gasteiger partial charge in [0.2, 0.25) is 0 Å². The molecule has 94 valence electrons. The Morgan fingerprint density at radius 3 is 2.72 bits per heavy atom. The van der Waals surface area contributed by atoms with E-state index in [1.807, 2.05) is 0 Å². The average Bonchev–Trinajstić information content (AvgIpc) is 2.38. The van der Waals surface area contributed by atoms with Crippen molar-refractivity contribution in [2.24, 2.45) is 0 Å². The Bertz CT molecular complexity index is 630. The molecule has 0 unspecified atom stereocenters. The van der Waals surface area contributed by atoms with Crippen LogP contribution in [0.5, 0.6) is 5.75 Å². The van der Waals surface area contributed by atoms with Crippen LogP contribution in [0.15, 0.2) is 22.8 Å². The van der Waals surface area contributed by atoms with E-state index >= 15 is 0 Å². The third kappa shape index (κ3) is 2.04. The minimum atomic E-state index is -0.524. The molecule has 1 heterocycles. The lowest BCUT2D eigenvalue weighted by Crippen LogP contribution is -2.03. The molecule has 1 aromatic heterocycles. The third-order valence-electron chi connectivity index (χ3n) is 2.49. The van der Waals surface area contributed by atoms with E-state index in [4.69, 9.17) is 16.3 Å². The van der Waals surface area contributed by atoms with E-state index in [1.54, 1.807) is 19.2 Å². The van der Waals surface area contributed by atoms with Gasteiger partial charge in [-0.25, -0.2) is 4.79 Å². The molecule has 0 atom stereocenters. The molecule has 2 aromatic rings. The van der Waals surface area contributed by atoms with Crippen molar-refractivity contribution >= 4 is 44.4 Å². The van der Waals surface area contributed by atoms with Crippen LogP contribution in [-0.2, 0) is 4.74 Å². The summed E-state index contributed by atoms with van der Waals surface area (Å²) in [6.45, 7) is 0. The number of rotatable bonds is 2.